The van der Waals surface area contributed by atoms with Gasteiger partial charge in [0.05, 0.1) is 0 Å². The van der Waals surface area contributed by atoms with Crippen molar-refractivity contribution in [3.8, 4) is 0 Å². The third kappa shape index (κ3) is 5.10. The van der Waals surface area contributed by atoms with Crippen molar-refractivity contribution >= 4 is 31.3 Å². The van der Waals surface area contributed by atoms with E-state index in [0.29, 0.717) is 17.8 Å². The number of esters is 1. The summed E-state index contributed by atoms with van der Waals surface area (Å²) in [5.41, 5.74) is 0.618. The van der Waals surface area contributed by atoms with Crippen LogP contribution in [0.1, 0.15) is 11.1 Å². The molecule has 0 radical (unpaired) electrons. The van der Waals surface area contributed by atoms with Crippen LogP contribution < -0.4 is 4.46 Å². The predicted octanol–water partition coefficient (Wildman–Crippen LogP) is 3.41. The van der Waals surface area contributed by atoms with Crippen molar-refractivity contribution in [2.75, 3.05) is 13.7 Å². The number of methoxy groups -OCH3 is 1. The molecule has 5 nitrogen and oxygen atoms in total. The van der Waals surface area contributed by atoms with Gasteiger partial charge >= 0.3 is 195 Å². The van der Waals surface area contributed by atoms with E-state index in [1.165, 1.54) is 11.6 Å². The van der Waals surface area contributed by atoms with Crippen LogP contribution in [0, 0.1) is 0 Å². The van der Waals surface area contributed by atoms with Gasteiger partial charge in [-0.1, -0.05) is 0 Å². The van der Waals surface area contributed by atoms with E-state index in [2.05, 4.69) is 12.1 Å². The third-order valence-electron chi connectivity index (χ3n) is 5.23. The standard InChI is InChI=1S/C26H25NO4Se/c1-29-25(28)26(19-30-17-20-11-5-2-6-12-20)23(18-32-22-15-9-4-10-16-22)31-24(27-26)21-13-7-3-8-14-21/h2-16,23H,17-19H2,1H3/t23-,26-/m1/s1. The molecule has 0 N–H and O–H groups in total. The Labute approximate surface area is 194 Å². The first-order chi connectivity index (χ1) is 15.7. The Morgan fingerprint density at radius 3 is 2.25 bits per heavy atom. The Morgan fingerprint density at radius 1 is 0.969 bits per heavy atom. The van der Waals surface area contributed by atoms with E-state index in [1.54, 1.807) is 0 Å². The van der Waals surface area contributed by atoms with E-state index < -0.39 is 17.6 Å². The number of hydrogen-bond donors (Lipinski definition) is 0. The SMILES string of the molecule is COC(=O)[C@]1(COCc2ccccc2)N=C(c2ccccc2)O[C@@H]1C[Se]c1ccccc1. The van der Waals surface area contributed by atoms with Crippen molar-refractivity contribution in [3.05, 3.63) is 102 Å². The molecule has 3 aromatic carbocycles. The van der Waals surface area contributed by atoms with Crippen molar-refractivity contribution in [1.82, 2.24) is 0 Å². The van der Waals surface area contributed by atoms with E-state index in [0.717, 1.165) is 11.1 Å². The van der Waals surface area contributed by atoms with Gasteiger partial charge < -0.3 is 0 Å². The minimum absolute atomic E-state index is 0.0838. The molecule has 0 amide bonds. The summed E-state index contributed by atoms with van der Waals surface area (Å²) in [7, 11) is 1.39. The monoisotopic (exact) mass is 495 g/mol. The molecule has 0 spiro atoms. The average Bonchev–Trinajstić information content (AvgIpc) is 3.23. The number of ether oxygens (including phenoxy) is 3. The summed E-state index contributed by atoms with van der Waals surface area (Å²) in [6.45, 7) is 0.465. The van der Waals surface area contributed by atoms with Gasteiger partial charge in [0.2, 0.25) is 0 Å². The average molecular weight is 494 g/mol. The predicted molar refractivity (Wildman–Crippen MR) is 125 cm³/mol. The first-order valence-electron chi connectivity index (χ1n) is 10.4. The van der Waals surface area contributed by atoms with Gasteiger partial charge in [-0.3, -0.25) is 0 Å². The Bertz CT molecular complexity index is 1040. The fourth-order valence-electron chi connectivity index (χ4n) is 3.52. The molecule has 0 aliphatic carbocycles. The van der Waals surface area contributed by atoms with E-state index in [1.807, 2.05) is 78.9 Å². The van der Waals surface area contributed by atoms with Gasteiger partial charge in [-0.25, -0.2) is 0 Å². The van der Waals surface area contributed by atoms with Crippen LogP contribution in [0.2, 0.25) is 5.32 Å². The van der Waals surface area contributed by atoms with Crippen molar-refractivity contribution in [1.29, 1.82) is 0 Å². The third-order valence-corrected chi connectivity index (χ3v) is 7.48. The maximum atomic E-state index is 13.1. The molecule has 0 bridgehead atoms. The van der Waals surface area contributed by atoms with Crippen LogP contribution >= 0.6 is 0 Å². The Balaban J connectivity index is 1.60. The molecule has 0 aromatic heterocycles. The van der Waals surface area contributed by atoms with Crippen LogP contribution in [0.3, 0.4) is 0 Å². The van der Waals surface area contributed by atoms with Crippen molar-refractivity contribution < 1.29 is 19.0 Å². The summed E-state index contributed by atoms with van der Waals surface area (Å²) in [4.78, 5) is 17.9. The first-order valence-corrected chi connectivity index (χ1v) is 12.5. The summed E-state index contributed by atoms with van der Waals surface area (Å²) in [6, 6.07) is 29.7. The Kier molecular flexibility index (Phi) is 7.38. The number of aliphatic imine (C=N–C) groups is 1. The Hall–Kier alpha value is -2.92. The van der Waals surface area contributed by atoms with Crippen molar-refractivity contribution in [2.24, 2.45) is 4.99 Å². The van der Waals surface area contributed by atoms with Gasteiger partial charge in [-0.2, -0.15) is 0 Å². The number of benzene rings is 3. The van der Waals surface area contributed by atoms with E-state index in [-0.39, 0.29) is 21.6 Å². The van der Waals surface area contributed by atoms with Crippen LogP contribution in [0.4, 0.5) is 0 Å². The van der Waals surface area contributed by atoms with E-state index in [9.17, 15) is 4.79 Å². The molecular formula is C26H25NO4Se. The molecule has 3 aromatic rings. The zero-order chi connectivity index (χ0) is 22.2. The molecule has 1 heterocycles. The van der Waals surface area contributed by atoms with Crippen LogP contribution in [0.5, 0.6) is 0 Å². The molecule has 1 aliphatic heterocycles. The summed E-state index contributed by atoms with van der Waals surface area (Å²) in [5, 5.41) is 0.667. The van der Waals surface area contributed by atoms with Crippen LogP contribution in [0.25, 0.3) is 0 Å². The van der Waals surface area contributed by atoms with Crippen LogP contribution in [-0.4, -0.2) is 52.2 Å². The fourth-order valence-corrected chi connectivity index (χ4v) is 5.70. The maximum absolute atomic E-state index is 13.1. The van der Waals surface area contributed by atoms with Crippen LogP contribution in [0.15, 0.2) is 96.0 Å². The molecule has 0 fully saturated rings. The molecule has 2 atom stereocenters. The molecular weight excluding hydrogens is 469 g/mol. The van der Waals surface area contributed by atoms with Gasteiger partial charge in [-0.05, 0) is 0 Å². The summed E-state index contributed by atoms with van der Waals surface area (Å²) >= 11 is 0.103. The van der Waals surface area contributed by atoms with E-state index >= 15 is 0 Å². The normalized spacial score (nSPS) is 19.8. The van der Waals surface area contributed by atoms with Gasteiger partial charge in [0, 0.05) is 0 Å². The molecule has 4 rings (SSSR count). The molecule has 0 saturated heterocycles. The molecule has 0 saturated carbocycles. The number of carbonyl (C=O) groups excluding carboxylic acids is 1. The summed E-state index contributed by atoms with van der Waals surface area (Å²) in [6.07, 6.45) is -0.471. The molecule has 6 heteroatoms. The number of carbonyl (C=O) groups is 1. The number of nitrogens with zero attached hydrogens (tertiary/aromatic N) is 1. The quantitative estimate of drug-likeness (QED) is 0.338. The number of hydrogen-bond acceptors (Lipinski definition) is 5. The molecule has 0 unspecified atom stereocenters. The second-order valence-corrected chi connectivity index (χ2v) is 9.70. The van der Waals surface area contributed by atoms with E-state index in [4.69, 9.17) is 19.2 Å². The summed E-state index contributed by atoms with van der Waals surface area (Å²) < 4.78 is 18.8. The zero-order valence-electron chi connectivity index (χ0n) is 17.8. The van der Waals surface area contributed by atoms with Gasteiger partial charge in [0.25, 0.3) is 0 Å². The van der Waals surface area contributed by atoms with Gasteiger partial charge in [-0.15, -0.1) is 0 Å². The molecule has 32 heavy (non-hydrogen) atoms. The molecule has 164 valence electrons. The zero-order valence-corrected chi connectivity index (χ0v) is 19.6. The van der Waals surface area contributed by atoms with Crippen molar-refractivity contribution in [2.45, 2.75) is 23.6 Å². The van der Waals surface area contributed by atoms with Gasteiger partial charge in [0.15, 0.2) is 0 Å². The molecule has 1 aliphatic rings. The minimum atomic E-state index is -1.24. The number of rotatable bonds is 9. The summed E-state index contributed by atoms with van der Waals surface area (Å²) in [5.74, 6) is 0.0125. The van der Waals surface area contributed by atoms with Crippen LogP contribution in [-0.2, 0) is 25.6 Å². The fraction of sp³-hybridized carbons (Fsp3) is 0.231. The second-order valence-electron chi connectivity index (χ2n) is 7.41. The topological polar surface area (TPSA) is 57.1 Å². The second kappa shape index (κ2) is 10.6. The van der Waals surface area contributed by atoms with Gasteiger partial charge in [0.1, 0.15) is 0 Å². The van der Waals surface area contributed by atoms with Crippen molar-refractivity contribution in [3.63, 3.8) is 0 Å². The first kappa shape index (κ1) is 22.3. The Morgan fingerprint density at radius 2 is 1.59 bits per heavy atom.